The van der Waals surface area contributed by atoms with Crippen LogP contribution in [-0.4, -0.2) is 25.5 Å². The van der Waals surface area contributed by atoms with Crippen molar-refractivity contribution in [3.63, 3.8) is 0 Å². The Bertz CT molecular complexity index is 514. The lowest BCUT2D eigenvalue weighted by Crippen LogP contribution is -2.30. The van der Waals surface area contributed by atoms with Crippen molar-refractivity contribution in [2.75, 3.05) is 13.7 Å². The zero-order valence-electron chi connectivity index (χ0n) is 13.2. The molecular weight excluding hydrogens is 300 g/mol. The zero-order valence-corrected chi connectivity index (χ0v) is 14.1. The van der Waals surface area contributed by atoms with Gasteiger partial charge in [0.25, 0.3) is 0 Å². The topological polar surface area (TPSA) is 64.7 Å². The Morgan fingerprint density at radius 1 is 1.36 bits per heavy atom. The van der Waals surface area contributed by atoms with Gasteiger partial charge in [0.15, 0.2) is 0 Å². The van der Waals surface area contributed by atoms with Crippen LogP contribution in [0.25, 0.3) is 0 Å². The number of hydrogen-bond acceptors (Lipinski definition) is 4. The molecule has 2 atom stereocenters. The van der Waals surface area contributed by atoms with E-state index >= 15 is 0 Å². The summed E-state index contributed by atoms with van der Waals surface area (Å²) in [4.78, 5) is 16.2. The molecule has 0 saturated carbocycles. The van der Waals surface area contributed by atoms with Gasteiger partial charge >= 0.3 is 5.97 Å². The first-order valence-corrected chi connectivity index (χ1v) is 7.55. The number of nitrogens with two attached hydrogens (primary N) is 1. The number of hydrogen-bond donors (Lipinski definition) is 1. The quantitative estimate of drug-likeness (QED) is 0.865. The van der Waals surface area contributed by atoms with E-state index in [2.05, 4.69) is 36.2 Å². The van der Waals surface area contributed by atoms with E-state index in [0.29, 0.717) is 12.3 Å². The third-order valence-corrected chi connectivity index (χ3v) is 4.20. The number of nitrogens with zero attached hydrogens (tertiary/aromatic N) is 1. The van der Waals surface area contributed by atoms with Crippen LogP contribution in [0.3, 0.4) is 0 Å². The van der Waals surface area contributed by atoms with Crippen LogP contribution >= 0.6 is 12.4 Å². The van der Waals surface area contributed by atoms with Gasteiger partial charge in [-0.2, -0.15) is 0 Å². The highest BCUT2D eigenvalue weighted by Gasteiger charge is 2.29. The lowest BCUT2D eigenvalue weighted by Gasteiger charge is -2.26. The average molecular weight is 325 g/mol. The number of carbonyl (C=O) groups is 1. The predicted molar refractivity (Wildman–Crippen MR) is 91.6 cm³/mol. The highest BCUT2D eigenvalue weighted by atomic mass is 35.5. The van der Waals surface area contributed by atoms with E-state index in [1.54, 1.807) is 0 Å². The van der Waals surface area contributed by atoms with Gasteiger partial charge in [0.2, 0.25) is 0 Å². The summed E-state index contributed by atoms with van der Waals surface area (Å²) in [6.07, 6.45) is 3.49. The third kappa shape index (κ3) is 4.73. The smallest absolute Gasteiger partial charge is 0.306 e. The maximum absolute atomic E-state index is 11.8. The number of benzene rings is 1. The van der Waals surface area contributed by atoms with Crippen molar-refractivity contribution in [3.05, 3.63) is 35.4 Å². The molecule has 2 rings (SSSR count). The maximum Gasteiger partial charge on any atom is 0.306 e. The lowest BCUT2D eigenvalue weighted by molar-refractivity contribution is -0.141. The van der Waals surface area contributed by atoms with Crippen molar-refractivity contribution in [2.45, 2.75) is 38.5 Å². The average Bonchev–Trinajstić information content (AvgIpc) is 2.70. The summed E-state index contributed by atoms with van der Waals surface area (Å²) in [5.41, 5.74) is 8.50. The molecule has 0 fully saturated rings. The Labute approximate surface area is 138 Å². The summed E-state index contributed by atoms with van der Waals surface area (Å²) < 4.78 is 4.86. The fraction of sp³-hybridized carbons (Fsp3) is 0.529. The maximum atomic E-state index is 11.8. The number of rotatable bonds is 4. The van der Waals surface area contributed by atoms with Crippen LogP contribution in [0.2, 0.25) is 0 Å². The van der Waals surface area contributed by atoms with Crippen molar-refractivity contribution in [3.8, 4) is 0 Å². The Balaban J connectivity index is 0.00000242. The number of aryl methyl sites for hydroxylation is 1. The molecule has 0 spiro atoms. The van der Waals surface area contributed by atoms with Crippen molar-refractivity contribution >= 4 is 24.2 Å². The first-order chi connectivity index (χ1) is 10.1. The fourth-order valence-electron chi connectivity index (χ4n) is 2.93. The third-order valence-electron chi connectivity index (χ3n) is 4.20. The molecule has 1 heterocycles. The van der Waals surface area contributed by atoms with Crippen molar-refractivity contribution < 1.29 is 9.53 Å². The lowest BCUT2D eigenvalue weighted by atomic mass is 9.80. The summed E-state index contributed by atoms with van der Waals surface area (Å²) in [5, 5.41) is 0. The van der Waals surface area contributed by atoms with Crippen LogP contribution in [0.1, 0.15) is 42.7 Å². The zero-order chi connectivity index (χ0) is 15.2. The molecule has 0 radical (unpaired) electrons. The number of methoxy groups -OCH3 is 1. The molecular formula is C17H25ClN2O2. The molecule has 0 saturated heterocycles. The molecule has 1 aliphatic heterocycles. The number of esters is 1. The van der Waals surface area contributed by atoms with Crippen molar-refractivity contribution in [1.29, 1.82) is 0 Å². The molecule has 0 bridgehead atoms. The highest BCUT2D eigenvalue weighted by molar-refractivity contribution is 5.85. The van der Waals surface area contributed by atoms with E-state index in [1.807, 2.05) is 0 Å². The SMILES string of the molecule is COC(=O)CC(c1ccc(C)cc1)C1CCCCN=C1N.Cl. The summed E-state index contributed by atoms with van der Waals surface area (Å²) in [6, 6.07) is 8.31. The van der Waals surface area contributed by atoms with Crippen LogP contribution in [0, 0.1) is 12.8 Å². The van der Waals surface area contributed by atoms with E-state index in [4.69, 9.17) is 10.5 Å². The minimum Gasteiger partial charge on any atom is -0.469 e. The van der Waals surface area contributed by atoms with Gasteiger partial charge in [0.1, 0.15) is 0 Å². The Morgan fingerprint density at radius 3 is 2.68 bits per heavy atom. The molecule has 1 aromatic rings. The molecule has 122 valence electrons. The van der Waals surface area contributed by atoms with Crippen LogP contribution in [0.5, 0.6) is 0 Å². The van der Waals surface area contributed by atoms with Gasteiger partial charge in [-0.25, -0.2) is 0 Å². The first kappa shape index (κ1) is 18.5. The van der Waals surface area contributed by atoms with E-state index in [0.717, 1.165) is 31.4 Å². The first-order valence-electron chi connectivity index (χ1n) is 7.55. The number of ether oxygens (including phenoxy) is 1. The molecule has 0 amide bonds. The van der Waals surface area contributed by atoms with Gasteiger partial charge in [-0.15, -0.1) is 12.4 Å². The summed E-state index contributed by atoms with van der Waals surface area (Å²) >= 11 is 0. The monoisotopic (exact) mass is 324 g/mol. The van der Waals surface area contributed by atoms with Crippen LogP contribution in [0.15, 0.2) is 29.3 Å². The Morgan fingerprint density at radius 2 is 2.05 bits per heavy atom. The van der Waals surface area contributed by atoms with Gasteiger partial charge in [-0.3, -0.25) is 9.79 Å². The van der Waals surface area contributed by atoms with Gasteiger partial charge in [0.05, 0.1) is 19.4 Å². The molecule has 1 aliphatic rings. The molecule has 2 unspecified atom stereocenters. The van der Waals surface area contributed by atoms with Gasteiger partial charge < -0.3 is 10.5 Å². The molecule has 5 heteroatoms. The van der Waals surface area contributed by atoms with E-state index in [-0.39, 0.29) is 30.2 Å². The number of carbonyl (C=O) groups excluding carboxylic acids is 1. The predicted octanol–water partition coefficient (Wildman–Crippen LogP) is 3.22. The normalized spacial score (nSPS) is 19.4. The molecule has 22 heavy (non-hydrogen) atoms. The Kier molecular flexibility index (Phi) is 7.39. The molecule has 4 nitrogen and oxygen atoms in total. The minimum absolute atomic E-state index is 0. The summed E-state index contributed by atoms with van der Waals surface area (Å²) in [6.45, 7) is 2.85. The standard InChI is InChI=1S/C17H24N2O2.ClH/c1-12-6-8-13(9-7-12)15(11-16(20)21-2)14-5-3-4-10-19-17(14)18;/h6-9,14-15H,3-5,10-11H2,1-2H3,(H2,18,19);1H. The van der Waals surface area contributed by atoms with Crippen LogP contribution in [0.4, 0.5) is 0 Å². The highest BCUT2D eigenvalue weighted by Crippen LogP contribution is 2.33. The van der Waals surface area contributed by atoms with Crippen LogP contribution in [-0.2, 0) is 9.53 Å². The second kappa shape index (κ2) is 8.79. The molecule has 2 N–H and O–H groups in total. The van der Waals surface area contributed by atoms with Crippen LogP contribution < -0.4 is 5.73 Å². The van der Waals surface area contributed by atoms with Crippen molar-refractivity contribution in [1.82, 2.24) is 0 Å². The van der Waals surface area contributed by atoms with Crippen molar-refractivity contribution in [2.24, 2.45) is 16.6 Å². The summed E-state index contributed by atoms with van der Waals surface area (Å²) in [5.74, 6) is 0.647. The molecule has 1 aromatic carbocycles. The van der Waals surface area contributed by atoms with E-state index < -0.39 is 0 Å². The van der Waals surface area contributed by atoms with Gasteiger partial charge in [-0.05, 0) is 25.3 Å². The summed E-state index contributed by atoms with van der Waals surface area (Å²) in [7, 11) is 1.43. The number of aliphatic imine (C=N–C) groups is 1. The second-order valence-corrected chi connectivity index (χ2v) is 5.71. The number of halogens is 1. The van der Waals surface area contributed by atoms with Gasteiger partial charge in [0, 0.05) is 18.4 Å². The van der Waals surface area contributed by atoms with E-state index in [1.165, 1.54) is 12.7 Å². The largest absolute Gasteiger partial charge is 0.469 e. The molecule has 0 aromatic heterocycles. The number of amidine groups is 1. The minimum atomic E-state index is -0.197. The van der Waals surface area contributed by atoms with E-state index in [9.17, 15) is 4.79 Å². The van der Waals surface area contributed by atoms with Gasteiger partial charge in [-0.1, -0.05) is 36.2 Å². The molecule has 0 aliphatic carbocycles. The second-order valence-electron chi connectivity index (χ2n) is 5.71. The Hall–Kier alpha value is -1.55. The fourth-order valence-corrected chi connectivity index (χ4v) is 2.93.